The lowest BCUT2D eigenvalue weighted by molar-refractivity contribution is 0.0374. The molecule has 162 valence electrons. The highest BCUT2D eigenvalue weighted by Crippen LogP contribution is 2.30. The quantitative estimate of drug-likeness (QED) is 0.664. The van der Waals surface area contributed by atoms with Gasteiger partial charge in [0.2, 0.25) is 0 Å². The molecule has 1 aromatic heterocycles. The standard InChI is InChI=1S/C21H28N4O4S/c26-21(22-8-4-9-24-10-12-29-13-11-24)19-15-20(17-5-2-1-3-6-17)25(23-19)18-7-14-30(27,28)16-18/h1-3,5-6,15,18H,4,7-14,16H2,(H,22,26)/t18-/m1/s1. The third-order valence-corrected chi connectivity index (χ3v) is 7.38. The van der Waals surface area contributed by atoms with Crippen molar-refractivity contribution in [2.24, 2.45) is 0 Å². The topological polar surface area (TPSA) is 93.5 Å². The van der Waals surface area contributed by atoms with Crippen molar-refractivity contribution in [2.75, 3.05) is 50.9 Å². The maximum atomic E-state index is 12.7. The first-order valence-corrected chi connectivity index (χ1v) is 12.3. The molecule has 0 aliphatic carbocycles. The fourth-order valence-corrected chi connectivity index (χ4v) is 5.69. The van der Waals surface area contributed by atoms with Crippen molar-refractivity contribution >= 4 is 15.7 Å². The zero-order valence-corrected chi connectivity index (χ0v) is 17.8. The van der Waals surface area contributed by atoms with Crippen LogP contribution in [-0.4, -0.2) is 79.9 Å². The second-order valence-electron chi connectivity index (χ2n) is 7.85. The minimum Gasteiger partial charge on any atom is -0.379 e. The van der Waals surface area contributed by atoms with E-state index in [1.165, 1.54) is 0 Å². The van der Waals surface area contributed by atoms with Crippen LogP contribution in [-0.2, 0) is 14.6 Å². The lowest BCUT2D eigenvalue weighted by atomic mass is 10.1. The Hall–Kier alpha value is -2.23. The number of sulfone groups is 1. The van der Waals surface area contributed by atoms with E-state index in [-0.39, 0.29) is 23.5 Å². The summed E-state index contributed by atoms with van der Waals surface area (Å²) >= 11 is 0. The number of amides is 1. The molecule has 2 fully saturated rings. The number of carbonyl (C=O) groups excluding carboxylic acids is 1. The molecule has 1 atom stereocenters. The van der Waals surface area contributed by atoms with Crippen LogP contribution in [0.1, 0.15) is 29.4 Å². The Bertz CT molecular complexity index is 968. The van der Waals surface area contributed by atoms with Crippen LogP contribution in [0.5, 0.6) is 0 Å². The van der Waals surface area contributed by atoms with Crippen LogP contribution < -0.4 is 5.32 Å². The molecule has 0 bridgehead atoms. The minimum atomic E-state index is -3.06. The van der Waals surface area contributed by atoms with Gasteiger partial charge in [0.15, 0.2) is 15.5 Å². The zero-order chi connectivity index (χ0) is 21.0. The summed E-state index contributed by atoms with van der Waals surface area (Å²) < 4.78 is 31.0. The van der Waals surface area contributed by atoms with E-state index in [4.69, 9.17) is 4.74 Å². The van der Waals surface area contributed by atoms with Crippen LogP contribution in [0.15, 0.2) is 36.4 Å². The molecular weight excluding hydrogens is 404 g/mol. The summed E-state index contributed by atoms with van der Waals surface area (Å²) in [7, 11) is -3.06. The van der Waals surface area contributed by atoms with Crippen LogP contribution in [0.4, 0.5) is 0 Å². The normalized spacial score (nSPS) is 21.5. The van der Waals surface area contributed by atoms with Crippen molar-refractivity contribution in [3.05, 3.63) is 42.1 Å². The molecule has 9 heteroatoms. The number of carbonyl (C=O) groups is 1. The third-order valence-electron chi connectivity index (χ3n) is 5.63. The maximum Gasteiger partial charge on any atom is 0.271 e. The van der Waals surface area contributed by atoms with Gasteiger partial charge in [-0.1, -0.05) is 30.3 Å². The van der Waals surface area contributed by atoms with Crippen molar-refractivity contribution < 1.29 is 17.9 Å². The number of aromatic nitrogens is 2. The van der Waals surface area contributed by atoms with Gasteiger partial charge in [0.1, 0.15) is 0 Å². The molecule has 4 rings (SSSR count). The molecule has 0 saturated carbocycles. The van der Waals surface area contributed by atoms with E-state index in [1.54, 1.807) is 10.7 Å². The molecule has 30 heavy (non-hydrogen) atoms. The summed E-state index contributed by atoms with van der Waals surface area (Å²) in [4.78, 5) is 15.0. The van der Waals surface area contributed by atoms with Gasteiger partial charge < -0.3 is 10.1 Å². The smallest absolute Gasteiger partial charge is 0.271 e. The second kappa shape index (κ2) is 9.28. The monoisotopic (exact) mass is 432 g/mol. The summed E-state index contributed by atoms with van der Waals surface area (Å²) in [6, 6.07) is 11.2. The van der Waals surface area contributed by atoms with Gasteiger partial charge in [-0.2, -0.15) is 5.10 Å². The van der Waals surface area contributed by atoms with Gasteiger partial charge in [0, 0.05) is 19.6 Å². The molecule has 3 heterocycles. The van der Waals surface area contributed by atoms with Gasteiger partial charge in [-0.3, -0.25) is 14.4 Å². The molecule has 1 N–H and O–H groups in total. The Labute approximate surface area is 177 Å². The molecule has 1 amide bonds. The lowest BCUT2D eigenvalue weighted by Gasteiger charge is -2.26. The molecule has 2 aromatic rings. The molecule has 0 unspecified atom stereocenters. The van der Waals surface area contributed by atoms with Gasteiger partial charge in [-0.25, -0.2) is 8.42 Å². The SMILES string of the molecule is O=C(NCCCN1CCOCC1)c1cc(-c2ccccc2)n([C@@H]2CCS(=O)(=O)C2)n1. The largest absolute Gasteiger partial charge is 0.379 e. The molecule has 2 saturated heterocycles. The second-order valence-corrected chi connectivity index (χ2v) is 10.1. The maximum absolute atomic E-state index is 12.7. The summed E-state index contributed by atoms with van der Waals surface area (Å²) in [6.07, 6.45) is 1.38. The van der Waals surface area contributed by atoms with Crippen molar-refractivity contribution in [1.82, 2.24) is 20.0 Å². The average Bonchev–Trinajstić information content (AvgIpc) is 3.36. The molecule has 8 nitrogen and oxygen atoms in total. The number of morpholine rings is 1. The number of benzene rings is 1. The predicted molar refractivity (Wildman–Crippen MR) is 114 cm³/mol. The molecule has 2 aliphatic rings. The van der Waals surface area contributed by atoms with Crippen LogP contribution in [0.2, 0.25) is 0 Å². The predicted octanol–water partition coefficient (Wildman–Crippen LogP) is 1.36. The highest BCUT2D eigenvalue weighted by molar-refractivity contribution is 7.91. The van der Waals surface area contributed by atoms with Crippen LogP contribution in [0.3, 0.4) is 0 Å². The first-order valence-electron chi connectivity index (χ1n) is 10.5. The van der Waals surface area contributed by atoms with E-state index in [0.717, 1.165) is 50.5 Å². The Morgan fingerprint density at radius 3 is 2.67 bits per heavy atom. The van der Waals surface area contributed by atoms with Crippen molar-refractivity contribution in [2.45, 2.75) is 18.9 Å². The first kappa shape index (κ1) is 21.0. The van der Waals surface area contributed by atoms with Crippen molar-refractivity contribution in [3.63, 3.8) is 0 Å². The number of hydrogen-bond acceptors (Lipinski definition) is 6. The van der Waals surface area contributed by atoms with Gasteiger partial charge in [0.25, 0.3) is 5.91 Å². The first-order chi connectivity index (χ1) is 14.5. The van der Waals surface area contributed by atoms with Crippen LogP contribution in [0.25, 0.3) is 11.3 Å². The molecule has 2 aliphatic heterocycles. The fraction of sp³-hybridized carbons (Fsp3) is 0.524. The summed E-state index contributed by atoms with van der Waals surface area (Å²) in [5, 5.41) is 7.46. The van der Waals surface area contributed by atoms with Gasteiger partial charge in [-0.15, -0.1) is 0 Å². The molecular formula is C21H28N4O4S. The van der Waals surface area contributed by atoms with E-state index in [2.05, 4.69) is 15.3 Å². The highest BCUT2D eigenvalue weighted by atomic mass is 32.2. The summed E-state index contributed by atoms with van der Waals surface area (Å²) in [5.41, 5.74) is 2.02. The van der Waals surface area contributed by atoms with E-state index in [9.17, 15) is 13.2 Å². The lowest BCUT2D eigenvalue weighted by Crippen LogP contribution is -2.38. The minimum absolute atomic E-state index is 0.0646. The molecule has 1 aromatic carbocycles. The molecule has 0 radical (unpaired) electrons. The molecule has 0 spiro atoms. The van der Waals surface area contributed by atoms with Crippen molar-refractivity contribution in [1.29, 1.82) is 0 Å². The van der Waals surface area contributed by atoms with Gasteiger partial charge in [-0.05, 0) is 31.0 Å². The van der Waals surface area contributed by atoms with E-state index < -0.39 is 9.84 Å². The van der Waals surface area contributed by atoms with Crippen LogP contribution in [0, 0.1) is 0 Å². The Kier molecular flexibility index (Phi) is 6.50. The van der Waals surface area contributed by atoms with E-state index in [0.29, 0.717) is 18.7 Å². The Morgan fingerprint density at radius 2 is 1.97 bits per heavy atom. The number of nitrogens with zero attached hydrogens (tertiary/aromatic N) is 3. The van der Waals surface area contributed by atoms with E-state index >= 15 is 0 Å². The summed E-state index contributed by atoms with van der Waals surface area (Å²) in [5.74, 6) is -0.00186. The fourth-order valence-electron chi connectivity index (χ4n) is 4.00. The zero-order valence-electron chi connectivity index (χ0n) is 17.0. The Balaban J connectivity index is 1.44. The number of ether oxygens (including phenoxy) is 1. The highest BCUT2D eigenvalue weighted by Gasteiger charge is 2.32. The Morgan fingerprint density at radius 1 is 1.20 bits per heavy atom. The van der Waals surface area contributed by atoms with Crippen LogP contribution >= 0.6 is 0 Å². The number of nitrogens with one attached hydrogen (secondary N) is 1. The number of rotatable bonds is 7. The van der Waals surface area contributed by atoms with Gasteiger partial charge in [0.05, 0.1) is 36.5 Å². The van der Waals surface area contributed by atoms with Gasteiger partial charge >= 0.3 is 0 Å². The third kappa shape index (κ3) is 5.08. The number of hydrogen-bond donors (Lipinski definition) is 1. The van der Waals surface area contributed by atoms with Crippen molar-refractivity contribution in [3.8, 4) is 11.3 Å². The van der Waals surface area contributed by atoms with E-state index in [1.807, 2.05) is 30.3 Å². The summed E-state index contributed by atoms with van der Waals surface area (Å²) in [6.45, 7) is 4.90. The average molecular weight is 433 g/mol.